The number of hydrogen-bond acceptors (Lipinski definition) is 3. The van der Waals surface area contributed by atoms with Crippen molar-refractivity contribution in [3.8, 4) is 0 Å². The molecule has 78 valence electrons. The molecule has 0 unspecified atom stereocenters. The average molecular weight is 208 g/mol. The van der Waals surface area contributed by atoms with Gasteiger partial charge in [-0.2, -0.15) is 13.1 Å². The van der Waals surface area contributed by atoms with Gasteiger partial charge in [0.15, 0.2) is 0 Å². The highest BCUT2D eigenvalue weighted by Gasteiger charge is 2.36. The highest BCUT2D eigenvalue weighted by atomic mass is 32.2. The van der Waals surface area contributed by atoms with Gasteiger partial charge >= 0.3 is 0 Å². The van der Waals surface area contributed by atoms with Crippen molar-refractivity contribution in [2.45, 2.75) is 31.2 Å². The maximum atomic E-state index is 11.2. The summed E-state index contributed by atoms with van der Waals surface area (Å²) in [5, 5.41) is 9.12. The molecule has 1 aliphatic carbocycles. The quantitative estimate of drug-likeness (QED) is 0.574. The predicted molar refractivity (Wildman–Crippen MR) is 49.4 cm³/mol. The largest absolute Gasteiger partial charge is 0.394 e. The first-order valence-electron chi connectivity index (χ1n) is 4.37. The van der Waals surface area contributed by atoms with Crippen LogP contribution in [0.15, 0.2) is 0 Å². The molecule has 3 N–H and O–H groups in total. The van der Waals surface area contributed by atoms with Gasteiger partial charge in [-0.15, -0.1) is 0 Å². The fraction of sp³-hybridized carbons (Fsp3) is 1.00. The van der Waals surface area contributed by atoms with E-state index in [0.717, 1.165) is 12.8 Å². The minimum atomic E-state index is -3.43. The monoisotopic (exact) mass is 208 g/mol. The first-order valence-corrected chi connectivity index (χ1v) is 5.85. The van der Waals surface area contributed by atoms with Crippen LogP contribution in [0, 0.1) is 0 Å². The van der Waals surface area contributed by atoms with Gasteiger partial charge in [0.25, 0.3) is 10.2 Å². The van der Waals surface area contributed by atoms with Gasteiger partial charge in [0, 0.05) is 7.05 Å². The highest BCUT2D eigenvalue weighted by molar-refractivity contribution is 7.87. The van der Waals surface area contributed by atoms with Crippen LogP contribution in [0.1, 0.15) is 25.7 Å². The number of rotatable bonds is 4. The molecule has 1 fully saturated rings. The molecule has 0 aromatic heterocycles. The Morgan fingerprint density at radius 3 is 2.31 bits per heavy atom. The van der Waals surface area contributed by atoms with Crippen molar-refractivity contribution in [3.05, 3.63) is 0 Å². The van der Waals surface area contributed by atoms with E-state index in [1.54, 1.807) is 0 Å². The summed E-state index contributed by atoms with van der Waals surface area (Å²) in [6, 6.07) is 0. The van der Waals surface area contributed by atoms with E-state index in [0.29, 0.717) is 12.8 Å². The summed E-state index contributed by atoms with van der Waals surface area (Å²) in [7, 11) is -2.08. The van der Waals surface area contributed by atoms with Crippen LogP contribution in [0.25, 0.3) is 0 Å². The van der Waals surface area contributed by atoms with Crippen molar-refractivity contribution >= 4 is 10.2 Å². The second-order valence-corrected chi connectivity index (χ2v) is 5.07. The lowest BCUT2D eigenvalue weighted by Crippen LogP contribution is -2.52. The number of aliphatic hydroxyl groups is 1. The first kappa shape index (κ1) is 10.9. The first-order chi connectivity index (χ1) is 6.04. The Kier molecular flexibility index (Phi) is 3.28. The van der Waals surface area contributed by atoms with E-state index in [2.05, 4.69) is 9.44 Å². The Morgan fingerprint density at radius 2 is 1.92 bits per heavy atom. The smallest absolute Gasteiger partial charge is 0.277 e. The van der Waals surface area contributed by atoms with Gasteiger partial charge in [-0.3, -0.25) is 0 Å². The molecule has 0 aromatic carbocycles. The lowest BCUT2D eigenvalue weighted by molar-refractivity contribution is 0.185. The molecule has 0 radical (unpaired) electrons. The van der Waals surface area contributed by atoms with Crippen LogP contribution in [-0.2, 0) is 10.2 Å². The molecule has 0 bridgehead atoms. The van der Waals surface area contributed by atoms with Crippen molar-refractivity contribution in [3.63, 3.8) is 0 Å². The molecule has 0 atom stereocenters. The minimum absolute atomic E-state index is 0.131. The molecule has 0 amide bonds. The summed E-state index contributed by atoms with van der Waals surface area (Å²) in [5.74, 6) is 0. The van der Waals surface area contributed by atoms with E-state index >= 15 is 0 Å². The van der Waals surface area contributed by atoms with Crippen molar-refractivity contribution in [2.75, 3.05) is 13.7 Å². The minimum Gasteiger partial charge on any atom is -0.394 e. The predicted octanol–water partition coefficient (Wildman–Crippen LogP) is -0.655. The normalized spacial score (nSPS) is 22.0. The van der Waals surface area contributed by atoms with Crippen molar-refractivity contribution in [1.82, 2.24) is 9.44 Å². The third-order valence-electron chi connectivity index (χ3n) is 2.48. The highest BCUT2D eigenvalue weighted by Crippen LogP contribution is 2.29. The van der Waals surface area contributed by atoms with Crippen LogP contribution in [0.5, 0.6) is 0 Å². The van der Waals surface area contributed by atoms with Crippen LogP contribution >= 0.6 is 0 Å². The number of nitrogens with one attached hydrogen (secondary N) is 2. The van der Waals surface area contributed by atoms with E-state index < -0.39 is 15.7 Å². The van der Waals surface area contributed by atoms with Crippen molar-refractivity contribution < 1.29 is 13.5 Å². The van der Waals surface area contributed by atoms with E-state index in [-0.39, 0.29) is 6.61 Å². The number of hydrogen-bond donors (Lipinski definition) is 3. The van der Waals surface area contributed by atoms with E-state index in [9.17, 15) is 8.42 Å². The Morgan fingerprint density at radius 1 is 1.38 bits per heavy atom. The second kappa shape index (κ2) is 3.91. The van der Waals surface area contributed by atoms with Crippen LogP contribution < -0.4 is 9.44 Å². The summed E-state index contributed by atoms with van der Waals surface area (Å²) < 4.78 is 27.0. The molecule has 1 saturated carbocycles. The SMILES string of the molecule is CNS(=O)(=O)NC1(CO)CCCC1. The van der Waals surface area contributed by atoms with Crippen LogP contribution in [0.3, 0.4) is 0 Å². The average Bonchev–Trinajstić information content (AvgIpc) is 2.53. The van der Waals surface area contributed by atoms with E-state index in [4.69, 9.17) is 5.11 Å². The third kappa shape index (κ3) is 2.63. The van der Waals surface area contributed by atoms with E-state index in [1.165, 1.54) is 7.05 Å². The van der Waals surface area contributed by atoms with Crippen molar-refractivity contribution in [2.24, 2.45) is 0 Å². The maximum Gasteiger partial charge on any atom is 0.277 e. The lowest BCUT2D eigenvalue weighted by atomic mass is 10.0. The fourth-order valence-corrected chi connectivity index (χ4v) is 2.62. The summed E-state index contributed by atoms with van der Waals surface area (Å²) >= 11 is 0. The zero-order valence-corrected chi connectivity index (χ0v) is 8.52. The summed E-state index contributed by atoms with van der Waals surface area (Å²) in [6.45, 7) is -0.131. The van der Waals surface area contributed by atoms with Crippen LogP contribution in [-0.4, -0.2) is 32.7 Å². The summed E-state index contributed by atoms with van der Waals surface area (Å²) in [4.78, 5) is 0. The molecule has 0 aliphatic heterocycles. The van der Waals surface area contributed by atoms with Gasteiger partial charge < -0.3 is 5.11 Å². The lowest BCUT2D eigenvalue weighted by Gasteiger charge is -2.26. The van der Waals surface area contributed by atoms with E-state index in [1.807, 2.05) is 0 Å². The van der Waals surface area contributed by atoms with Gasteiger partial charge in [-0.05, 0) is 12.8 Å². The zero-order valence-electron chi connectivity index (χ0n) is 7.71. The van der Waals surface area contributed by atoms with Gasteiger partial charge in [0.2, 0.25) is 0 Å². The molecular weight excluding hydrogens is 192 g/mol. The van der Waals surface area contributed by atoms with Gasteiger partial charge in [0.05, 0.1) is 12.1 Å². The molecular formula is C7H16N2O3S. The molecule has 6 heteroatoms. The molecule has 0 aromatic rings. The number of aliphatic hydroxyl groups excluding tert-OH is 1. The second-order valence-electron chi connectivity index (χ2n) is 3.46. The van der Waals surface area contributed by atoms with Gasteiger partial charge in [-0.25, -0.2) is 4.72 Å². The molecule has 1 rings (SSSR count). The van der Waals surface area contributed by atoms with Crippen LogP contribution in [0.4, 0.5) is 0 Å². The zero-order chi connectivity index (χ0) is 9.95. The van der Waals surface area contributed by atoms with Crippen LogP contribution in [0.2, 0.25) is 0 Å². The molecule has 13 heavy (non-hydrogen) atoms. The van der Waals surface area contributed by atoms with Gasteiger partial charge in [-0.1, -0.05) is 12.8 Å². The summed E-state index contributed by atoms with van der Waals surface area (Å²) in [5.41, 5.74) is -0.623. The summed E-state index contributed by atoms with van der Waals surface area (Å²) in [6.07, 6.45) is 3.36. The maximum absolute atomic E-state index is 11.2. The third-order valence-corrected chi connectivity index (χ3v) is 3.72. The molecule has 1 aliphatic rings. The Labute approximate surface area is 78.7 Å². The molecule has 5 nitrogen and oxygen atoms in total. The molecule has 0 heterocycles. The standard InChI is InChI=1S/C7H16N2O3S/c1-8-13(11,12)9-7(6-10)4-2-3-5-7/h8-10H,2-6H2,1H3. The van der Waals surface area contributed by atoms with Crippen molar-refractivity contribution in [1.29, 1.82) is 0 Å². The molecule has 0 spiro atoms. The van der Waals surface area contributed by atoms with Gasteiger partial charge in [0.1, 0.15) is 0 Å². The Balaban J connectivity index is 2.69. The fourth-order valence-electron chi connectivity index (χ4n) is 1.68. The topological polar surface area (TPSA) is 78.4 Å². The Hall–Kier alpha value is -0.170. The Bertz CT molecular complexity index is 257. The molecule has 0 saturated heterocycles.